The number of piperazine rings is 1. The summed E-state index contributed by atoms with van der Waals surface area (Å²) in [5, 5.41) is 20.3. The van der Waals surface area contributed by atoms with E-state index in [0.717, 1.165) is 29.5 Å². The van der Waals surface area contributed by atoms with Gasteiger partial charge < -0.3 is 14.4 Å². The molecular formula is C21H28N6O3S. The molecule has 10 heteroatoms. The lowest BCUT2D eigenvalue weighted by Crippen LogP contribution is -2.49. The van der Waals surface area contributed by atoms with Crippen LogP contribution < -0.4 is 4.90 Å². The number of nitro benzene ring substituents is 1. The molecule has 2 aliphatic rings. The summed E-state index contributed by atoms with van der Waals surface area (Å²) >= 11 is 1.49. The van der Waals surface area contributed by atoms with Crippen LogP contribution in [0.4, 0.5) is 11.4 Å². The van der Waals surface area contributed by atoms with Crippen LogP contribution in [0, 0.1) is 17.0 Å². The van der Waals surface area contributed by atoms with Crippen LogP contribution in [-0.4, -0.2) is 62.4 Å². The lowest BCUT2D eigenvalue weighted by atomic mass is 9.95. The van der Waals surface area contributed by atoms with Gasteiger partial charge in [-0.3, -0.25) is 14.9 Å². The van der Waals surface area contributed by atoms with Gasteiger partial charge in [-0.05, 0) is 31.9 Å². The van der Waals surface area contributed by atoms with Gasteiger partial charge in [-0.15, -0.1) is 10.2 Å². The number of nitrogens with zero attached hydrogens (tertiary/aromatic N) is 6. The third-order valence-corrected chi connectivity index (χ3v) is 7.09. The normalized spacial score (nSPS) is 17.7. The number of nitro groups is 1. The number of aromatic nitrogens is 3. The van der Waals surface area contributed by atoms with Gasteiger partial charge in [0.2, 0.25) is 5.91 Å². The van der Waals surface area contributed by atoms with Gasteiger partial charge in [0.05, 0.1) is 10.7 Å². The van der Waals surface area contributed by atoms with Gasteiger partial charge in [-0.2, -0.15) is 0 Å². The van der Waals surface area contributed by atoms with Crippen LogP contribution >= 0.6 is 11.8 Å². The van der Waals surface area contributed by atoms with Crippen LogP contribution in [0.5, 0.6) is 0 Å². The number of benzene rings is 1. The Morgan fingerprint density at radius 2 is 1.77 bits per heavy atom. The average Bonchev–Trinajstić information content (AvgIpc) is 3.18. The number of aryl methyl sites for hydroxylation is 1. The van der Waals surface area contributed by atoms with E-state index in [4.69, 9.17) is 0 Å². The first-order valence-corrected chi connectivity index (χ1v) is 11.8. The quantitative estimate of drug-likeness (QED) is 0.382. The molecule has 31 heavy (non-hydrogen) atoms. The molecule has 2 aromatic rings. The van der Waals surface area contributed by atoms with Gasteiger partial charge in [-0.1, -0.05) is 31.0 Å². The predicted octanol–water partition coefficient (Wildman–Crippen LogP) is 3.44. The minimum atomic E-state index is -0.394. The second-order valence-electron chi connectivity index (χ2n) is 8.12. The second-order valence-corrected chi connectivity index (χ2v) is 9.06. The van der Waals surface area contributed by atoms with Crippen LogP contribution in [-0.2, 0) is 4.79 Å². The summed E-state index contributed by atoms with van der Waals surface area (Å²) < 4.78 is 2.23. The fourth-order valence-corrected chi connectivity index (χ4v) is 5.38. The summed E-state index contributed by atoms with van der Waals surface area (Å²) in [4.78, 5) is 27.3. The van der Waals surface area contributed by atoms with Gasteiger partial charge >= 0.3 is 0 Å². The highest BCUT2D eigenvalue weighted by Crippen LogP contribution is 2.32. The van der Waals surface area contributed by atoms with Crippen LogP contribution in [0.15, 0.2) is 29.4 Å². The largest absolute Gasteiger partial charge is 0.368 e. The first kappa shape index (κ1) is 21.6. The van der Waals surface area contributed by atoms with Crippen LogP contribution in [0.2, 0.25) is 0 Å². The smallest absolute Gasteiger partial charge is 0.269 e. The van der Waals surface area contributed by atoms with E-state index in [0.29, 0.717) is 38.0 Å². The lowest BCUT2D eigenvalue weighted by Gasteiger charge is -2.36. The molecule has 0 spiro atoms. The van der Waals surface area contributed by atoms with Gasteiger partial charge in [0.15, 0.2) is 5.16 Å². The van der Waals surface area contributed by atoms with Gasteiger partial charge in [-0.25, -0.2) is 0 Å². The second kappa shape index (κ2) is 9.67. The molecule has 4 rings (SSSR count). The maximum absolute atomic E-state index is 12.8. The Morgan fingerprint density at radius 3 is 2.42 bits per heavy atom. The van der Waals surface area contributed by atoms with Crippen molar-refractivity contribution < 1.29 is 9.72 Å². The SMILES string of the molecule is Cc1nnc(SCC(=O)N2CCN(c3ccc([N+](=O)[O-])cc3)CC2)n1C1CCCCC1. The molecule has 2 heterocycles. The van der Waals surface area contributed by atoms with Gasteiger partial charge in [0.1, 0.15) is 5.82 Å². The Morgan fingerprint density at radius 1 is 1.10 bits per heavy atom. The zero-order valence-corrected chi connectivity index (χ0v) is 18.6. The number of hydrogen-bond acceptors (Lipinski definition) is 7. The van der Waals surface area contributed by atoms with Crippen molar-refractivity contribution in [3.05, 3.63) is 40.2 Å². The van der Waals surface area contributed by atoms with Crippen molar-refractivity contribution in [2.24, 2.45) is 0 Å². The van der Waals surface area contributed by atoms with E-state index in [1.165, 1.54) is 43.2 Å². The van der Waals surface area contributed by atoms with E-state index in [1.807, 2.05) is 11.8 Å². The highest BCUT2D eigenvalue weighted by Gasteiger charge is 2.25. The molecular weight excluding hydrogens is 416 g/mol. The third kappa shape index (κ3) is 5.00. The summed E-state index contributed by atoms with van der Waals surface area (Å²) in [7, 11) is 0. The van der Waals surface area contributed by atoms with Crippen molar-refractivity contribution in [2.45, 2.75) is 50.2 Å². The van der Waals surface area contributed by atoms with Gasteiger partial charge in [0.25, 0.3) is 5.69 Å². The zero-order chi connectivity index (χ0) is 21.8. The number of non-ortho nitro benzene ring substituents is 1. The summed E-state index contributed by atoms with van der Waals surface area (Å²) in [5.41, 5.74) is 1.04. The van der Waals surface area contributed by atoms with E-state index in [-0.39, 0.29) is 11.6 Å². The molecule has 0 bridgehead atoms. The van der Waals surface area contributed by atoms with E-state index in [1.54, 1.807) is 12.1 Å². The van der Waals surface area contributed by atoms with E-state index >= 15 is 0 Å². The standard InChI is InChI=1S/C21H28N6O3S/c1-16-22-23-21(26(16)18-5-3-2-4-6-18)31-15-20(28)25-13-11-24(12-14-25)17-7-9-19(10-8-17)27(29)30/h7-10,18H,2-6,11-15H2,1H3. The predicted molar refractivity (Wildman–Crippen MR) is 119 cm³/mol. The monoisotopic (exact) mass is 444 g/mol. The number of carbonyl (C=O) groups is 1. The van der Waals surface area contributed by atoms with Crippen molar-refractivity contribution in [2.75, 3.05) is 36.8 Å². The molecule has 1 saturated heterocycles. The molecule has 9 nitrogen and oxygen atoms in total. The Bertz CT molecular complexity index is 918. The van der Waals surface area contributed by atoms with Crippen LogP contribution in [0.3, 0.4) is 0 Å². The number of rotatable bonds is 6. The summed E-state index contributed by atoms with van der Waals surface area (Å²) in [5.74, 6) is 1.41. The number of thioether (sulfide) groups is 1. The summed E-state index contributed by atoms with van der Waals surface area (Å²) in [6, 6.07) is 7.03. The fraction of sp³-hybridized carbons (Fsp3) is 0.571. The van der Waals surface area contributed by atoms with Crippen LogP contribution in [0.25, 0.3) is 0 Å². The fourth-order valence-electron chi connectivity index (χ4n) is 4.42. The highest BCUT2D eigenvalue weighted by molar-refractivity contribution is 7.99. The number of anilines is 1. The lowest BCUT2D eigenvalue weighted by molar-refractivity contribution is -0.384. The molecule has 0 N–H and O–H groups in total. The van der Waals surface area contributed by atoms with Crippen molar-refractivity contribution in [3.63, 3.8) is 0 Å². The molecule has 1 amide bonds. The van der Waals surface area contributed by atoms with E-state index in [2.05, 4.69) is 19.7 Å². The summed E-state index contributed by atoms with van der Waals surface area (Å²) in [6.45, 7) is 4.71. The Hall–Kier alpha value is -2.62. The molecule has 166 valence electrons. The molecule has 0 radical (unpaired) electrons. The molecule has 1 aromatic carbocycles. The molecule has 0 atom stereocenters. The maximum atomic E-state index is 12.8. The third-order valence-electron chi connectivity index (χ3n) is 6.16. The number of carbonyl (C=O) groups excluding carboxylic acids is 1. The Labute approximate surface area is 186 Å². The molecule has 1 aliphatic heterocycles. The Kier molecular flexibility index (Phi) is 6.74. The molecule has 2 fully saturated rings. The van der Waals surface area contributed by atoms with Crippen molar-refractivity contribution >= 4 is 29.0 Å². The first-order valence-electron chi connectivity index (χ1n) is 10.8. The van der Waals surface area contributed by atoms with E-state index < -0.39 is 4.92 Å². The van der Waals surface area contributed by atoms with Gasteiger partial charge in [0, 0.05) is 50.0 Å². The minimum Gasteiger partial charge on any atom is -0.368 e. The average molecular weight is 445 g/mol. The molecule has 0 unspecified atom stereocenters. The first-order chi connectivity index (χ1) is 15.0. The number of hydrogen-bond donors (Lipinski definition) is 0. The molecule has 1 aromatic heterocycles. The molecule has 1 saturated carbocycles. The summed E-state index contributed by atoms with van der Waals surface area (Å²) in [6.07, 6.45) is 6.09. The number of amides is 1. The zero-order valence-electron chi connectivity index (χ0n) is 17.8. The van der Waals surface area contributed by atoms with E-state index in [9.17, 15) is 14.9 Å². The Balaban J connectivity index is 1.29. The maximum Gasteiger partial charge on any atom is 0.269 e. The molecule has 1 aliphatic carbocycles. The highest BCUT2D eigenvalue weighted by atomic mass is 32.2. The van der Waals surface area contributed by atoms with Crippen molar-refractivity contribution in [3.8, 4) is 0 Å². The van der Waals surface area contributed by atoms with Crippen molar-refractivity contribution in [1.29, 1.82) is 0 Å². The minimum absolute atomic E-state index is 0.0888. The van der Waals surface area contributed by atoms with Crippen molar-refractivity contribution in [1.82, 2.24) is 19.7 Å². The van der Waals surface area contributed by atoms with Crippen LogP contribution in [0.1, 0.15) is 44.0 Å². The topological polar surface area (TPSA) is 97.4 Å².